The minimum absolute atomic E-state index is 0.00566. The standard InChI is InChI=1S/C10H13N3O4/c1-17-10-8(13(15)16)2-3-9(11-10)12-5-4-7(14)6-12/h2-3,7,14H,4-6H2,1H3. The molecule has 7 heteroatoms. The molecule has 1 aliphatic heterocycles. The Kier molecular flexibility index (Phi) is 3.10. The van der Waals surface area contributed by atoms with Gasteiger partial charge in [-0.1, -0.05) is 0 Å². The average Bonchev–Trinajstić information content (AvgIpc) is 2.75. The first-order valence-corrected chi connectivity index (χ1v) is 5.24. The third kappa shape index (κ3) is 2.28. The Balaban J connectivity index is 2.28. The summed E-state index contributed by atoms with van der Waals surface area (Å²) in [5, 5.41) is 20.1. The van der Waals surface area contributed by atoms with Crippen molar-refractivity contribution in [2.75, 3.05) is 25.1 Å². The molecule has 1 fully saturated rings. The van der Waals surface area contributed by atoms with E-state index < -0.39 is 4.92 Å². The molecule has 1 aromatic rings. The molecule has 0 radical (unpaired) electrons. The quantitative estimate of drug-likeness (QED) is 0.612. The summed E-state index contributed by atoms with van der Waals surface area (Å²) >= 11 is 0. The first-order valence-electron chi connectivity index (χ1n) is 5.24. The monoisotopic (exact) mass is 239 g/mol. The van der Waals surface area contributed by atoms with Gasteiger partial charge in [-0.25, -0.2) is 0 Å². The van der Waals surface area contributed by atoms with Crippen LogP contribution in [0.1, 0.15) is 6.42 Å². The lowest BCUT2D eigenvalue weighted by atomic mass is 10.3. The summed E-state index contributed by atoms with van der Waals surface area (Å²) in [4.78, 5) is 16.1. The van der Waals surface area contributed by atoms with Crippen LogP contribution in [0, 0.1) is 10.1 Å². The van der Waals surface area contributed by atoms with Crippen LogP contribution in [0.25, 0.3) is 0 Å². The van der Waals surface area contributed by atoms with E-state index in [1.807, 2.05) is 4.90 Å². The summed E-state index contributed by atoms with van der Waals surface area (Å²) in [5.74, 6) is 0.581. The van der Waals surface area contributed by atoms with Gasteiger partial charge in [0.25, 0.3) is 5.88 Å². The highest BCUT2D eigenvalue weighted by Gasteiger charge is 2.24. The van der Waals surface area contributed by atoms with E-state index in [1.165, 1.54) is 13.2 Å². The van der Waals surface area contributed by atoms with Crippen molar-refractivity contribution in [2.45, 2.75) is 12.5 Å². The lowest BCUT2D eigenvalue weighted by molar-refractivity contribution is -0.386. The second-order valence-electron chi connectivity index (χ2n) is 3.84. The van der Waals surface area contributed by atoms with Gasteiger partial charge in [0.2, 0.25) is 0 Å². The Morgan fingerprint density at radius 1 is 1.65 bits per heavy atom. The maximum absolute atomic E-state index is 10.7. The fourth-order valence-corrected chi connectivity index (χ4v) is 1.84. The smallest absolute Gasteiger partial charge is 0.331 e. The molecule has 1 atom stereocenters. The molecule has 0 amide bonds. The molecule has 7 nitrogen and oxygen atoms in total. The summed E-state index contributed by atoms with van der Waals surface area (Å²) in [6.07, 6.45) is 0.319. The molecule has 0 bridgehead atoms. The van der Waals surface area contributed by atoms with Gasteiger partial charge in [0, 0.05) is 19.2 Å². The Morgan fingerprint density at radius 2 is 2.41 bits per heavy atom. The molecule has 1 saturated heterocycles. The molecular weight excluding hydrogens is 226 g/mol. The molecule has 2 rings (SSSR count). The Bertz CT molecular complexity index is 438. The minimum Gasteiger partial charge on any atom is -0.476 e. The number of aromatic nitrogens is 1. The normalized spacial score (nSPS) is 19.4. The van der Waals surface area contributed by atoms with Crippen LogP contribution in [0.3, 0.4) is 0 Å². The molecule has 0 aromatic carbocycles. The van der Waals surface area contributed by atoms with Crippen LogP contribution in [0.4, 0.5) is 11.5 Å². The van der Waals surface area contributed by atoms with Crippen molar-refractivity contribution >= 4 is 11.5 Å². The van der Waals surface area contributed by atoms with Crippen LogP contribution < -0.4 is 9.64 Å². The number of hydrogen-bond acceptors (Lipinski definition) is 6. The van der Waals surface area contributed by atoms with E-state index in [4.69, 9.17) is 4.74 Å². The Labute approximate surface area is 97.8 Å². The number of nitro groups is 1. The average molecular weight is 239 g/mol. The van der Waals surface area contributed by atoms with Crippen molar-refractivity contribution in [2.24, 2.45) is 0 Å². The molecule has 0 saturated carbocycles. The molecule has 1 aromatic heterocycles. The predicted octanol–water partition coefficient (Wildman–Crippen LogP) is 0.569. The van der Waals surface area contributed by atoms with Crippen molar-refractivity contribution < 1.29 is 14.8 Å². The van der Waals surface area contributed by atoms with Gasteiger partial charge in [0.15, 0.2) is 0 Å². The molecule has 0 spiro atoms. The third-order valence-corrected chi connectivity index (χ3v) is 2.70. The summed E-state index contributed by atoms with van der Waals surface area (Å²) in [6.45, 7) is 1.18. The Hall–Kier alpha value is -1.89. The van der Waals surface area contributed by atoms with E-state index >= 15 is 0 Å². The van der Waals surface area contributed by atoms with Crippen molar-refractivity contribution in [3.8, 4) is 5.88 Å². The number of aliphatic hydroxyl groups excluding tert-OH is 1. The summed E-state index contributed by atoms with van der Waals surface area (Å²) in [7, 11) is 1.35. The topological polar surface area (TPSA) is 88.7 Å². The van der Waals surface area contributed by atoms with Crippen LogP contribution in [-0.4, -0.2) is 41.3 Å². The second-order valence-corrected chi connectivity index (χ2v) is 3.84. The number of nitrogens with zero attached hydrogens (tertiary/aromatic N) is 3. The first kappa shape index (κ1) is 11.6. The first-order chi connectivity index (χ1) is 8.11. The largest absolute Gasteiger partial charge is 0.476 e. The number of hydrogen-bond donors (Lipinski definition) is 1. The predicted molar refractivity (Wildman–Crippen MR) is 60.3 cm³/mol. The number of aliphatic hydroxyl groups is 1. The zero-order chi connectivity index (χ0) is 12.4. The van der Waals surface area contributed by atoms with E-state index in [9.17, 15) is 15.2 Å². The zero-order valence-electron chi connectivity index (χ0n) is 9.37. The number of ether oxygens (including phenoxy) is 1. The number of rotatable bonds is 3. The summed E-state index contributed by atoms with van der Waals surface area (Å²) in [5.41, 5.74) is -0.156. The van der Waals surface area contributed by atoms with E-state index in [0.717, 1.165) is 0 Å². The highest BCUT2D eigenvalue weighted by Crippen LogP contribution is 2.28. The number of methoxy groups -OCH3 is 1. The minimum atomic E-state index is -0.533. The van der Waals surface area contributed by atoms with Gasteiger partial charge in [-0.2, -0.15) is 4.98 Å². The van der Waals surface area contributed by atoms with Gasteiger partial charge in [-0.15, -0.1) is 0 Å². The maximum Gasteiger partial charge on any atom is 0.331 e. The molecule has 2 heterocycles. The molecule has 1 aliphatic rings. The SMILES string of the molecule is COc1nc(N2CCC(O)C2)ccc1[N+](=O)[O-]. The third-order valence-electron chi connectivity index (χ3n) is 2.70. The summed E-state index contributed by atoms with van der Waals surface area (Å²) in [6, 6.07) is 2.94. The fourth-order valence-electron chi connectivity index (χ4n) is 1.84. The van der Waals surface area contributed by atoms with Crippen LogP contribution >= 0.6 is 0 Å². The van der Waals surface area contributed by atoms with E-state index in [2.05, 4.69) is 4.98 Å². The molecule has 1 unspecified atom stereocenters. The van der Waals surface area contributed by atoms with Crippen LogP contribution in [0.15, 0.2) is 12.1 Å². The Morgan fingerprint density at radius 3 is 2.94 bits per heavy atom. The number of anilines is 1. The van der Waals surface area contributed by atoms with Gasteiger partial charge in [0.05, 0.1) is 18.1 Å². The van der Waals surface area contributed by atoms with E-state index in [-0.39, 0.29) is 17.7 Å². The lowest BCUT2D eigenvalue weighted by Crippen LogP contribution is -2.22. The van der Waals surface area contributed by atoms with Crippen molar-refractivity contribution in [1.82, 2.24) is 4.98 Å². The van der Waals surface area contributed by atoms with Crippen molar-refractivity contribution in [1.29, 1.82) is 0 Å². The fraction of sp³-hybridized carbons (Fsp3) is 0.500. The van der Waals surface area contributed by atoms with Crippen molar-refractivity contribution in [3.63, 3.8) is 0 Å². The summed E-state index contributed by atoms with van der Waals surface area (Å²) < 4.78 is 4.89. The second kappa shape index (κ2) is 4.54. The lowest BCUT2D eigenvalue weighted by Gasteiger charge is -2.16. The number of pyridine rings is 1. The van der Waals surface area contributed by atoms with Gasteiger partial charge < -0.3 is 14.7 Å². The van der Waals surface area contributed by atoms with Gasteiger partial charge in [0.1, 0.15) is 5.82 Å². The highest BCUT2D eigenvalue weighted by atomic mass is 16.6. The van der Waals surface area contributed by atoms with Crippen LogP contribution in [0.2, 0.25) is 0 Å². The van der Waals surface area contributed by atoms with E-state index in [1.54, 1.807) is 6.07 Å². The van der Waals surface area contributed by atoms with Crippen LogP contribution in [0.5, 0.6) is 5.88 Å². The van der Waals surface area contributed by atoms with Gasteiger partial charge in [-0.3, -0.25) is 10.1 Å². The molecule has 92 valence electrons. The highest BCUT2D eigenvalue weighted by molar-refractivity contribution is 5.51. The van der Waals surface area contributed by atoms with Crippen LogP contribution in [-0.2, 0) is 0 Å². The van der Waals surface area contributed by atoms with Crippen molar-refractivity contribution in [3.05, 3.63) is 22.2 Å². The van der Waals surface area contributed by atoms with Gasteiger partial charge >= 0.3 is 5.69 Å². The number of β-amino-alcohol motifs (C(OH)–C–C–N with tert-alkyl or cyclic N) is 1. The molecular formula is C10H13N3O4. The zero-order valence-corrected chi connectivity index (χ0v) is 9.37. The molecule has 1 N–H and O–H groups in total. The van der Waals surface area contributed by atoms with E-state index in [0.29, 0.717) is 25.3 Å². The maximum atomic E-state index is 10.7. The molecule has 17 heavy (non-hydrogen) atoms. The van der Waals surface area contributed by atoms with Gasteiger partial charge in [-0.05, 0) is 12.5 Å². The molecule has 0 aliphatic carbocycles.